The van der Waals surface area contributed by atoms with E-state index in [2.05, 4.69) is 10.2 Å². The van der Waals surface area contributed by atoms with Gasteiger partial charge >= 0.3 is 6.18 Å². The van der Waals surface area contributed by atoms with Crippen molar-refractivity contribution >= 4 is 22.7 Å². The lowest BCUT2D eigenvalue weighted by atomic mass is 10.1. The molecule has 0 radical (unpaired) electrons. The second-order valence-corrected chi connectivity index (χ2v) is 5.80. The van der Waals surface area contributed by atoms with Gasteiger partial charge in [-0.2, -0.15) is 13.2 Å². The standard InChI is InChI=1S/C18H12ClF3N2O/c1-11-4-2-6-13(8-11)16-23-24-17(25-16)15(19)10-12-5-3-7-14(9-12)18(20,21)22/h2-10H,1H3/b15-10-. The third-order valence-corrected chi connectivity index (χ3v) is 3.67. The lowest BCUT2D eigenvalue weighted by Gasteiger charge is -2.06. The van der Waals surface area contributed by atoms with E-state index in [1.165, 1.54) is 18.2 Å². The predicted molar refractivity (Wildman–Crippen MR) is 89.6 cm³/mol. The number of alkyl halides is 3. The van der Waals surface area contributed by atoms with Crippen LogP contribution in [-0.4, -0.2) is 10.2 Å². The molecule has 0 aliphatic rings. The molecule has 1 heterocycles. The van der Waals surface area contributed by atoms with Crippen molar-refractivity contribution in [2.75, 3.05) is 0 Å². The fraction of sp³-hybridized carbons (Fsp3) is 0.111. The lowest BCUT2D eigenvalue weighted by molar-refractivity contribution is -0.137. The summed E-state index contributed by atoms with van der Waals surface area (Å²) in [6.45, 7) is 1.93. The van der Waals surface area contributed by atoms with Crippen molar-refractivity contribution < 1.29 is 17.6 Å². The molecule has 0 amide bonds. The highest BCUT2D eigenvalue weighted by atomic mass is 35.5. The van der Waals surface area contributed by atoms with E-state index < -0.39 is 11.7 Å². The molecule has 0 spiro atoms. The molecule has 128 valence electrons. The van der Waals surface area contributed by atoms with E-state index in [1.807, 2.05) is 31.2 Å². The molecular formula is C18H12ClF3N2O. The Morgan fingerprint density at radius 3 is 2.56 bits per heavy atom. The molecule has 0 N–H and O–H groups in total. The Labute approximate surface area is 146 Å². The molecule has 0 atom stereocenters. The van der Waals surface area contributed by atoms with Gasteiger partial charge in [0.05, 0.1) is 5.56 Å². The van der Waals surface area contributed by atoms with Gasteiger partial charge in [0.25, 0.3) is 5.89 Å². The molecule has 3 rings (SSSR count). The summed E-state index contributed by atoms with van der Waals surface area (Å²) in [7, 11) is 0. The molecule has 0 fully saturated rings. The van der Waals surface area contributed by atoms with Gasteiger partial charge in [0, 0.05) is 5.56 Å². The van der Waals surface area contributed by atoms with Crippen molar-refractivity contribution in [3.63, 3.8) is 0 Å². The van der Waals surface area contributed by atoms with Crippen LogP contribution in [0.5, 0.6) is 0 Å². The fourth-order valence-electron chi connectivity index (χ4n) is 2.23. The number of rotatable bonds is 3. The van der Waals surface area contributed by atoms with E-state index in [4.69, 9.17) is 16.0 Å². The van der Waals surface area contributed by atoms with Gasteiger partial charge in [-0.1, -0.05) is 41.4 Å². The third-order valence-electron chi connectivity index (χ3n) is 3.40. The van der Waals surface area contributed by atoms with Crippen LogP contribution < -0.4 is 0 Å². The Kier molecular flexibility index (Phi) is 4.63. The van der Waals surface area contributed by atoms with Crippen molar-refractivity contribution in [3.05, 3.63) is 71.1 Å². The average molecular weight is 365 g/mol. The van der Waals surface area contributed by atoms with E-state index in [9.17, 15) is 13.2 Å². The third kappa shape index (κ3) is 4.09. The molecule has 3 aromatic rings. The topological polar surface area (TPSA) is 38.9 Å². The van der Waals surface area contributed by atoms with Gasteiger partial charge in [-0.15, -0.1) is 10.2 Å². The summed E-state index contributed by atoms with van der Waals surface area (Å²) in [6.07, 6.45) is -3.07. The Balaban J connectivity index is 1.89. The minimum Gasteiger partial charge on any atom is -0.415 e. The molecule has 0 saturated carbocycles. The van der Waals surface area contributed by atoms with Crippen LogP contribution in [0.3, 0.4) is 0 Å². The zero-order valence-electron chi connectivity index (χ0n) is 13.0. The smallest absolute Gasteiger partial charge is 0.415 e. The number of nitrogens with zero attached hydrogens (tertiary/aromatic N) is 2. The maximum Gasteiger partial charge on any atom is 0.416 e. The summed E-state index contributed by atoms with van der Waals surface area (Å²) in [6, 6.07) is 12.3. The Morgan fingerprint density at radius 2 is 1.84 bits per heavy atom. The first-order valence-electron chi connectivity index (χ1n) is 7.28. The normalized spacial score (nSPS) is 12.4. The molecule has 25 heavy (non-hydrogen) atoms. The van der Waals surface area contributed by atoms with Crippen LogP contribution in [0, 0.1) is 6.92 Å². The average Bonchev–Trinajstić information content (AvgIpc) is 3.04. The van der Waals surface area contributed by atoms with Crippen molar-refractivity contribution in [2.24, 2.45) is 0 Å². The Morgan fingerprint density at radius 1 is 1.08 bits per heavy atom. The molecule has 0 saturated heterocycles. The van der Waals surface area contributed by atoms with Crippen LogP contribution in [0.2, 0.25) is 0 Å². The highest BCUT2D eigenvalue weighted by Crippen LogP contribution is 2.31. The summed E-state index contributed by atoms with van der Waals surface area (Å²) < 4.78 is 43.8. The monoisotopic (exact) mass is 364 g/mol. The van der Waals surface area contributed by atoms with Crippen molar-refractivity contribution in [2.45, 2.75) is 13.1 Å². The highest BCUT2D eigenvalue weighted by molar-refractivity contribution is 6.50. The zero-order chi connectivity index (χ0) is 18.0. The van der Waals surface area contributed by atoms with Crippen LogP contribution in [0.15, 0.2) is 52.9 Å². The van der Waals surface area contributed by atoms with Gasteiger partial charge in [-0.3, -0.25) is 0 Å². The molecule has 7 heteroatoms. The summed E-state index contributed by atoms with van der Waals surface area (Å²) in [4.78, 5) is 0. The molecular weight excluding hydrogens is 353 g/mol. The first-order chi connectivity index (χ1) is 11.8. The van der Waals surface area contributed by atoms with E-state index >= 15 is 0 Å². The zero-order valence-corrected chi connectivity index (χ0v) is 13.8. The van der Waals surface area contributed by atoms with E-state index in [0.29, 0.717) is 0 Å². The van der Waals surface area contributed by atoms with Crippen molar-refractivity contribution in [3.8, 4) is 11.5 Å². The first kappa shape index (κ1) is 17.2. The number of halogens is 4. The predicted octanol–water partition coefficient (Wildman–Crippen LogP) is 5.80. The summed E-state index contributed by atoms with van der Waals surface area (Å²) >= 11 is 6.12. The van der Waals surface area contributed by atoms with Crippen LogP contribution >= 0.6 is 11.6 Å². The maximum absolute atomic E-state index is 12.8. The maximum atomic E-state index is 12.8. The molecule has 0 aliphatic heterocycles. The van der Waals surface area contributed by atoms with E-state index in [1.54, 1.807) is 0 Å². The number of aromatic nitrogens is 2. The largest absolute Gasteiger partial charge is 0.416 e. The second kappa shape index (κ2) is 6.72. The van der Waals surface area contributed by atoms with E-state index in [0.717, 1.165) is 23.3 Å². The molecule has 3 nitrogen and oxygen atoms in total. The number of benzene rings is 2. The van der Waals surface area contributed by atoms with Gasteiger partial charge in [0.15, 0.2) is 0 Å². The molecule has 0 unspecified atom stereocenters. The fourth-order valence-corrected chi connectivity index (χ4v) is 2.43. The molecule has 0 aliphatic carbocycles. The summed E-state index contributed by atoms with van der Waals surface area (Å²) in [5.74, 6) is 0.324. The first-order valence-corrected chi connectivity index (χ1v) is 7.66. The molecule has 1 aromatic heterocycles. The minimum atomic E-state index is -4.42. The van der Waals surface area contributed by atoms with Crippen molar-refractivity contribution in [1.29, 1.82) is 0 Å². The number of aryl methyl sites for hydroxylation is 1. The Bertz CT molecular complexity index is 932. The van der Waals surface area contributed by atoms with Crippen LogP contribution in [0.4, 0.5) is 13.2 Å². The van der Waals surface area contributed by atoms with Crippen LogP contribution in [0.25, 0.3) is 22.6 Å². The van der Waals surface area contributed by atoms with Gasteiger partial charge in [0.2, 0.25) is 5.89 Å². The lowest BCUT2D eigenvalue weighted by Crippen LogP contribution is -2.04. The van der Waals surface area contributed by atoms with Gasteiger partial charge in [0.1, 0.15) is 5.03 Å². The van der Waals surface area contributed by atoms with Crippen molar-refractivity contribution in [1.82, 2.24) is 10.2 Å². The van der Waals surface area contributed by atoms with Gasteiger partial charge in [-0.05, 0) is 42.8 Å². The van der Waals surface area contributed by atoms with Crippen LogP contribution in [0.1, 0.15) is 22.6 Å². The molecule has 2 aromatic carbocycles. The van der Waals surface area contributed by atoms with Crippen LogP contribution in [-0.2, 0) is 6.18 Å². The SMILES string of the molecule is Cc1cccc(-c2nnc(/C(Cl)=C/c3cccc(C(F)(F)F)c3)o2)c1. The van der Waals surface area contributed by atoms with Gasteiger partial charge in [-0.25, -0.2) is 0 Å². The quantitative estimate of drug-likeness (QED) is 0.589. The number of hydrogen-bond donors (Lipinski definition) is 0. The molecule has 0 bridgehead atoms. The van der Waals surface area contributed by atoms with Gasteiger partial charge < -0.3 is 4.42 Å². The summed E-state index contributed by atoms with van der Waals surface area (Å²) in [5.41, 5.74) is 1.30. The second-order valence-electron chi connectivity index (χ2n) is 5.40. The van der Waals surface area contributed by atoms with E-state index in [-0.39, 0.29) is 22.4 Å². The summed E-state index contributed by atoms with van der Waals surface area (Å²) in [5, 5.41) is 7.84. The highest BCUT2D eigenvalue weighted by Gasteiger charge is 2.30. The minimum absolute atomic E-state index is 0.0376. The Hall–Kier alpha value is -2.60. The number of hydrogen-bond acceptors (Lipinski definition) is 3.